The highest BCUT2D eigenvalue weighted by Gasteiger charge is 2.27. The molecule has 10 heteroatoms. The number of hydrogen-bond acceptors (Lipinski definition) is 7. The molecule has 3 aromatic rings. The van der Waals surface area contributed by atoms with Gasteiger partial charge in [0.05, 0.1) is 4.90 Å². The quantitative estimate of drug-likeness (QED) is 0.366. The molecule has 5 rings (SSSR count). The molecule has 2 saturated heterocycles. The predicted molar refractivity (Wildman–Crippen MR) is 146 cm³/mol. The van der Waals surface area contributed by atoms with Crippen molar-refractivity contribution in [3.05, 3.63) is 66.6 Å². The average molecular weight is 524 g/mol. The number of piperidine rings is 1. The average Bonchev–Trinajstić information content (AvgIpc) is 3.45. The summed E-state index contributed by atoms with van der Waals surface area (Å²) in [6, 6.07) is 15.8. The van der Waals surface area contributed by atoms with Crippen LogP contribution in [0, 0.1) is 5.82 Å². The number of rotatable bonds is 10. The molecule has 2 aliphatic rings. The zero-order valence-electron chi connectivity index (χ0n) is 20.9. The molecule has 2 fully saturated rings. The van der Waals surface area contributed by atoms with Gasteiger partial charge in [-0.2, -0.15) is 4.98 Å². The minimum absolute atomic E-state index is 0.287. The summed E-state index contributed by atoms with van der Waals surface area (Å²) in [5.41, 5.74) is 1.55. The SMILES string of the molecule is O=S(c1ccc(Nc2nccc(Nc3ccc(F)cc3)n2)cc1)N(CCN1CCCC1)C1CCNCC1. The first kappa shape index (κ1) is 25.7. The molecule has 1 unspecified atom stereocenters. The van der Waals surface area contributed by atoms with E-state index < -0.39 is 11.0 Å². The van der Waals surface area contributed by atoms with E-state index in [4.69, 9.17) is 0 Å². The Hall–Kier alpha value is -2.92. The van der Waals surface area contributed by atoms with Crippen LogP contribution in [0.3, 0.4) is 0 Å². The van der Waals surface area contributed by atoms with Crippen LogP contribution in [0.1, 0.15) is 25.7 Å². The lowest BCUT2D eigenvalue weighted by molar-refractivity contribution is 0.236. The van der Waals surface area contributed by atoms with Crippen molar-refractivity contribution >= 4 is 34.1 Å². The van der Waals surface area contributed by atoms with Crippen LogP contribution in [0.2, 0.25) is 0 Å². The molecular formula is C27H34FN7OS. The standard InChI is InChI=1S/C27H34FN7OS/c28-21-3-5-22(6-4-21)31-26-13-16-30-27(33-26)32-23-7-9-25(10-8-23)37(36)35(24-11-14-29-15-12-24)20-19-34-17-1-2-18-34/h3-10,13,16,24,29H,1-2,11-12,14-15,17-20H2,(H2,30,31,32,33). The highest BCUT2D eigenvalue weighted by molar-refractivity contribution is 7.82. The summed E-state index contributed by atoms with van der Waals surface area (Å²) in [6.07, 6.45) is 6.22. The summed E-state index contributed by atoms with van der Waals surface area (Å²) in [4.78, 5) is 12.1. The Morgan fingerprint density at radius 2 is 1.65 bits per heavy atom. The molecule has 1 aromatic heterocycles. The fraction of sp³-hybridized carbons (Fsp3) is 0.407. The number of aromatic nitrogens is 2. The first-order valence-electron chi connectivity index (χ1n) is 13.0. The second-order valence-corrected chi connectivity index (χ2v) is 10.9. The van der Waals surface area contributed by atoms with Crippen LogP contribution >= 0.6 is 0 Å². The van der Waals surface area contributed by atoms with Crippen molar-refractivity contribution in [2.24, 2.45) is 0 Å². The normalized spacial score (nSPS) is 17.7. The van der Waals surface area contributed by atoms with Gasteiger partial charge in [0.2, 0.25) is 5.95 Å². The van der Waals surface area contributed by atoms with Gasteiger partial charge in [0.15, 0.2) is 0 Å². The molecule has 0 amide bonds. The van der Waals surface area contributed by atoms with Crippen molar-refractivity contribution in [2.45, 2.75) is 36.6 Å². The molecule has 2 aromatic carbocycles. The van der Waals surface area contributed by atoms with Gasteiger partial charge >= 0.3 is 0 Å². The molecule has 0 saturated carbocycles. The Morgan fingerprint density at radius 1 is 0.973 bits per heavy atom. The van der Waals surface area contributed by atoms with E-state index in [1.807, 2.05) is 24.3 Å². The summed E-state index contributed by atoms with van der Waals surface area (Å²) in [7, 11) is -1.22. The highest BCUT2D eigenvalue weighted by atomic mass is 32.2. The minimum atomic E-state index is -1.22. The Balaban J connectivity index is 1.23. The van der Waals surface area contributed by atoms with E-state index in [1.165, 1.54) is 25.0 Å². The van der Waals surface area contributed by atoms with Crippen molar-refractivity contribution in [2.75, 3.05) is 49.9 Å². The fourth-order valence-electron chi connectivity index (χ4n) is 4.83. The second kappa shape index (κ2) is 12.6. The van der Waals surface area contributed by atoms with Crippen LogP contribution in [0.15, 0.2) is 65.7 Å². The third kappa shape index (κ3) is 7.10. The molecular weight excluding hydrogens is 489 g/mol. The summed E-state index contributed by atoms with van der Waals surface area (Å²) in [5.74, 6) is 0.741. The van der Waals surface area contributed by atoms with Crippen LogP contribution in [-0.4, -0.2) is 68.7 Å². The molecule has 0 radical (unpaired) electrons. The molecule has 8 nitrogen and oxygen atoms in total. The van der Waals surface area contributed by atoms with Crippen molar-refractivity contribution in [1.29, 1.82) is 0 Å². The van der Waals surface area contributed by atoms with E-state index in [0.29, 0.717) is 17.8 Å². The second-order valence-electron chi connectivity index (χ2n) is 9.47. The van der Waals surface area contributed by atoms with E-state index in [0.717, 1.165) is 68.4 Å². The summed E-state index contributed by atoms with van der Waals surface area (Å²) >= 11 is 0. The van der Waals surface area contributed by atoms with Gasteiger partial charge in [0.1, 0.15) is 22.6 Å². The maximum Gasteiger partial charge on any atom is 0.229 e. The third-order valence-electron chi connectivity index (χ3n) is 6.85. The van der Waals surface area contributed by atoms with Gasteiger partial charge in [-0.15, -0.1) is 0 Å². The molecule has 0 spiro atoms. The Kier molecular flexibility index (Phi) is 8.72. The predicted octanol–water partition coefficient (Wildman–Crippen LogP) is 4.28. The van der Waals surface area contributed by atoms with Crippen molar-refractivity contribution in [3.63, 3.8) is 0 Å². The van der Waals surface area contributed by atoms with Crippen LogP contribution < -0.4 is 16.0 Å². The van der Waals surface area contributed by atoms with Gasteiger partial charge < -0.3 is 20.9 Å². The number of halogens is 1. The van der Waals surface area contributed by atoms with Crippen LogP contribution in [0.5, 0.6) is 0 Å². The number of hydrogen-bond donors (Lipinski definition) is 3. The molecule has 0 bridgehead atoms. The van der Waals surface area contributed by atoms with Crippen molar-refractivity contribution in [3.8, 4) is 0 Å². The highest BCUT2D eigenvalue weighted by Crippen LogP contribution is 2.23. The fourth-order valence-corrected chi connectivity index (χ4v) is 6.20. The Morgan fingerprint density at radius 3 is 2.38 bits per heavy atom. The third-order valence-corrected chi connectivity index (χ3v) is 8.43. The maximum absolute atomic E-state index is 13.7. The number of likely N-dealkylation sites (tertiary alicyclic amines) is 1. The molecule has 196 valence electrons. The van der Waals surface area contributed by atoms with Crippen LogP contribution in [-0.2, 0) is 11.0 Å². The van der Waals surface area contributed by atoms with Gasteiger partial charge in [-0.3, -0.25) is 0 Å². The topological polar surface area (TPSA) is 85.4 Å². The van der Waals surface area contributed by atoms with E-state index in [2.05, 4.69) is 35.1 Å². The molecule has 37 heavy (non-hydrogen) atoms. The van der Waals surface area contributed by atoms with E-state index in [1.54, 1.807) is 24.4 Å². The van der Waals surface area contributed by atoms with Gasteiger partial charge in [0.25, 0.3) is 0 Å². The van der Waals surface area contributed by atoms with Gasteiger partial charge in [-0.25, -0.2) is 17.9 Å². The molecule has 3 N–H and O–H groups in total. The lowest BCUT2D eigenvalue weighted by atomic mass is 10.1. The monoisotopic (exact) mass is 523 g/mol. The molecule has 3 heterocycles. The van der Waals surface area contributed by atoms with E-state index in [9.17, 15) is 8.60 Å². The van der Waals surface area contributed by atoms with Crippen molar-refractivity contribution < 1.29 is 8.60 Å². The van der Waals surface area contributed by atoms with Crippen LogP contribution in [0.4, 0.5) is 27.5 Å². The largest absolute Gasteiger partial charge is 0.340 e. The van der Waals surface area contributed by atoms with Gasteiger partial charge in [-0.1, -0.05) is 0 Å². The number of anilines is 4. The lowest BCUT2D eigenvalue weighted by Crippen LogP contribution is -2.46. The van der Waals surface area contributed by atoms with Gasteiger partial charge in [-0.05, 0) is 106 Å². The minimum Gasteiger partial charge on any atom is -0.340 e. The Labute approximate surface area is 220 Å². The summed E-state index contributed by atoms with van der Waals surface area (Å²) in [6.45, 7) is 6.03. The van der Waals surface area contributed by atoms with E-state index in [-0.39, 0.29) is 5.82 Å². The van der Waals surface area contributed by atoms with Crippen LogP contribution in [0.25, 0.3) is 0 Å². The number of nitrogens with zero attached hydrogens (tertiary/aromatic N) is 4. The first-order valence-corrected chi connectivity index (χ1v) is 14.1. The maximum atomic E-state index is 13.7. The molecule has 1 atom stereocenters. The molecule has 0 aliphatic carbocycles. The zero-order valence-corrected chi connectivity index (χ0v) is 21.7. The smallest absolute Gasteiger partial charge is 0.229 e. The zero-order chi connectivity index (χ0) is 25.5. The first-order chi connectivity index (χ1) is 18.1. The van der Waals surface area contributed by atoms with E-state index >= 15 is 0 Å². The van der Waals surface area contributed by atoms with Gasteiger partial charge in [0, 0.05) is 36.7 Å². The summed E-state index contributed by atoms with van der Waals surface area (Å²) < 4.78 is 29.0. The Bertz CT molecular complexity index is 1170. The number of nitrogens with one attached hydrogen (secondary N) is 3. The summed E-state index contributed by atoms with van der Waals surface area (Å²) in [5, 5.41) is 9.78. The lowest BCUT2D eigenvalue weighted by Gasteiger charge is -2.34. The number of benzene rings is 2. The van der Waals surface area contributed by atoms with Crippen molar-refractivity contribution in [1.82, 2.24) is 24.5 Å². The molecule has 2 aliphatic heterocycles.